The summed E-state index contributed by atoms with van der Waals surface area (Å²) in [6.07, 6.45) is 7.80. The molecule has 0 saturated heterocycles. The summed E-state index contributed by atoms with van der Waals surface area (Å²) in [4.78, 5) is 4.33. The van der Waals surface area contributed by atoms with E-state index in [0.29, 0.717) is 11.2 Å². The van der Waals surface area contributed by atoms with Gasteiger partial charge in [0.1, 0.15) is 5.15 Å². The first-order valence-corrected chi connectivity index (χ1v) is 11.0. The number of thiophene rings is 2. The second kappa shape index (κ2) is 9.14. The first-order valence-electron chi connectivity index (χ1n) is 8.02. The Labute approximate surface area is 169 Å². The van der Waals surface area contributed by atoms with Crippen molar-refractivity contribution >= 4 is 66.1 Å². The van der Waals surface area contributed by atoms with Crippen molar-refractivity contribution in [2.24, 2.45) is 5.73 Å². The Morgan fingerprint density at radius 2 is 2.24 bits per heavy atom. The number of aromatic nitrogens is 1. The van der Waals surface area contributed by atoms with Crippen LogP contribution >= 0.6 is 50.2 Å². The van der Waals surface area contributed by atoms with Gasteiger partial charge in [0.05, 0.1) is 20.4 Å². The number of rotatable bonds is 3. The number of nitrogens with two attached hydrogens (primary N) is 1. The fourth-order valence-electron chi connectivity index (χ4n) is 2.49. The molecular weight excluding hydrogens is 438 g/mol. The average molecular weight is 457 g/mol. The van der Waals surface area contributed by atoms with Crippen LogP contribution in [0.4, 0.5) is 5.69 Å². The van der Waals surface area contributed by atoms with Gasteiger partial charge in [0.15, 0.2) is 0 Å². The molecule has 1 aliphatic rings. The summed E-state index contributed by atoms with van der Waals surface area (Å²) in [6.45, 7) is 0.800. The zero-order valence-corrected chi connectivity index (χ0v) is 17.5. The Bertz CT molecular complexity index is 846. The van der Waals surface area contributed by atoms with Gasteiger partial charge in [-0.05, 0) is 57.6 Å². The van der Waals surface area contributed by atoms with E-state index >= 15 is 0 Å². The van der Waals surface area contributed by atoms with Crippen molar-refractivity contribution in [2.75, 3.05) is 5.32 Å². The molecule has 0 radical (unpaired) electrons. The third-order valence-corrected chi connectivity index (χ3v) is 6.66. The number of allylic oxidation sites excluding steroid dienone is 1. The van der Waals surface area contributed by atoms with Gasteiger partial charge < -0.3 is 11.1 Å². The molecule has 0 amide bonds. The molecule has 0 aromatic carbocycles. The first kappa shape index (κ1) is 18.9. The summed E-state index contributed by atoms with van der Waals surface area (Å²) < 4.78 is 2.12. The standard InChI is InChI=1S/C12H8BrClN2S2.C6H11N/c13-8-6-18-12-9(3-10(14)16-11(8)12)15-4-7-1-2-17-5-7;7-6-4-2-1-3-5-6/h1-3,5-6H,4H2,(H,15,16);1-2,6H,3-5,7H2. The predicted molar refractivity (Wildman–Crippen MR) is 115 cm³/mol. The quantitative estimate of drug-likeness (QED) is 0.352. The molecule has 0 bridgehead atoms. The molecule has 1 atom stereocenters. The second-order valence-electron chi connectivity index (χ2n) is 5.78. The average Bonchev–Trinajstić information content (AvgIpc) is 3.25. The van der Waals surface area contributed by atoms with Crippen molar-refractivity contribution in [2.45, 2.75) is 31.8 Å². The summed E-state index contributed by atoms with van der Waals surface area (Å²) in [5.74, 6) is 0. The van der Waals surface area contributed by atoms with E-state index in [9.17, 15) is 0 Å². The van der Waals surface area contributed by atoms with Crippen LogP contribution in [-0.4, -0.2) is 11.0 Å². The summed E-state index contributed by atoms with van der Waals surface area (Å²) in [5, 5.41) is 10.2. The number of halogens is 2. The lowest BCUT2D eigenvalue weighted by atomic mass is 10.0. The Morgan fingerprint density at radius 1 is 1.36 bits per heavy atom. The van der Waals surface area contributed by atoms with Crippen LogP contribution in [0.3, 0.4) is 0 Å². The van der Waals surface area contributed by atoms with Crippen LogP contribution in [0.2, 0.25) is 5.15 Å². The first-order chi connectivity index (χ1) is 12.1. The smallest absolute Gasteiger partial charge is 0.131 e. The van der Waals surface area contributed by atoms with Crippen LogP contribution < -0.4 is 11.1 Å². The van der Waals surface area contributed by atoms with Gasteiger partial charge in [-0.25, -0.2) is 4.98 Å². The number of hydrogen-bond donors (Lipinski definition) is 2. The summed E-state index contributed by atoms with van der Waals surface area (Å²) >= 11 is 12.9. The van der Waals surface area contributed by atoms with E-state index in [1.807, 2.05) is 11.4 Å². The highest BCUT2D eigenvalue weighted by Crippen LogP contribution is 2.35. The molecule has 3 heterocycles. The summed E-state index contributed by atoms with van der Waals surface area (Å²) in [7, 11) is 0. The number of fused-ring (bicyclic) bond motifs is 1. The molecule has 0 aliphatic heterocycles. The highest BCUT2D eigenvalue weighted by atomic mass is 79.9. The van der Waals surface area contributed by atoms with Crippen molar-refractivity contribution < 1.29 is 0 Å². The van der Waals surface area contributed by atoms with Crippen molar-refractivity contribution in [1.29, 1.82) is 0 Å². The van der Waals surface area contributed by atoms with E-state index in [4.69, 9.17) is 17.3 Å². The predicted octanol–water partition coefficient (Wildman–Crippen LogP) is 6.44. The highest BCUT2D eigenvalue weighted by molar-refractivity contribution is 9.10. The van der Waals surface area contributed by atoms with Gasteiger partial charge in [-0.15, -0.1) is 11.3 Å². The highest BCUT2D eigenvalue weighted by Gasteiger charge is 2.10. The molecule has 3 nitrogen and oxygen atoms in total. The van der Waals surface area contributed by atoms with Crippen molar-refractivity contribution in [3.8, 4) is 0 Å². The number of nitrogens with one attached hydrogen (secondary N) is 1. The van der Waals surface area contributed by atoms with Crippen molar-refractivity contribution in [3.63, 3.8) is 0 Å². The Kier molecular flexibility index (Phi) is 6.90. The number of hydrogen-bond acceptors (Lipinski definition) is 5. The van der Waals surface area contributed by atoms with E-state index in [2.05, 4.69) is 55.2 Å². The summed E-state index contributed by atoms with van der Waals surface area (Å²) in [5.41, 5.74) is 8.81. The molecule has 0 spiro atoms. The minimum absolute atomic E-state index is 0.449. The van der Waals surface area contributed by atoms with Gasteiger partial charge in [0.2, 0.25) is 0 Å². The molecule has 1 unspecified atom stereocenters. The van der Waals surface area contributed by atoms with Crippen LogP contribution in [0, 0.1) is 0 Å². The lowest BCUT2D eigenvalue weighted by Gasteiger charge is -2.09. The van der Waals surface area contributed by atoms with E-state index in [1.54, 1.807) is 22.7 Å². The fraction of sp³-hybridized carbons (Fsp3) is 0.278. The molecular formula is C18H19BrClN3S2. The Morgan fingerprint density at radius 3 is 2.88 bits per heavy atom. The van der Waals surface area contributed by atoms with Gasteiger partial charge in [0.25, 0.3) is 0 Å². The third kappa shape index (κ3) is 5.28. The van der Waals surface area contributed by atoms with Crippen LogP contribution in [-0.2, 0) is 6.54 Å². The monoisotopic (exact) mass is 455 g/mol. The van der Waals surface area contributed by atoms with Gasteiger partial charge in [-0.2, -0.15) is 11.3 Å². The Hall–Kier alpha value is -0.920. The van der Waals surface area contributed by atoms with Crippen molar-refractivity contribution in [1.82, 2.24) is 4.98 Å². The minimum atomic E-state index is 0.449. The van der Waals surface area contributed by atoms with Gasteiger partial charge in [-0.3, -0.25) is 0 Å². The van der Waals surface area contributed by atoms with Gasteiger partial charge >= 0.3 is 0 Å². The lowest BCUT2D eigenvalue weighted by molar-refractivity contribution is 0.606. The molecule has 1 aliphatic carbocycles. The topological polar surface area (TPSA) is 50.9 Å². The molecule has 3 aromatic heterocycles. The molecule has 3 N–H and O–H groups in total. The number of nitrogens with zero attached hydrogens (tertiary/aromatic N) is 1. The van der Waals surface area contributed by atoms with Gasteiger partial charge in [0, 0.05) is 24.0 Å². The maximum Gasteiger partial charge on any atom is 0.131 e. The van der Waals surface area contributed by atoms with E-state index < -0.39 is 0 Å². The third-order valence-electron chi connectivity index (χ3n) is 3.82. The number of anilines is 1. The zero-order valence-electron chi connectivity index (χ0n) is 13.5. The largest absolute Gasteiger partial charge is 0.380 e. The van der Waals surface area contributed by atoms with Crippen LogP contribution in [0.15, 0.2) is 44.9 Å². The Balaban J connectivity index is 0.000000219. The van der Waals surface area contributed by atoms with E-state index in [0.717, 1.165) is 33.3 Å². The normalized spacial score (nSPS) is 16.5. The van der Waals surface area contributed by atoms with E-state index in [1.165, 1.54) is 18.4 Å². The second-order valence-corrected chi connectivity index (χ2v) is 8.68. The molecule has 0 saturated carbocycles. The summed E-state index contributed by atoms with van der Waals surface area (Å²) in [6, 6.07) is 4.44. The number of pyridine rings is 1. The van der Waals surface area contributed by atoms with Gasteiger partial charge in [-0.1, -0.05) is 23.8 Å². The maximum absolute atomic E-state index is 6.05. The van der Waals surface area contributed by atoms with Crippen LogP contribution in [0.25, 0.3) is 10.2 Å². The van der Waals surface area contributed by atoms with Crippen LogP contribution in [0.5, 0.6) is 0 Å². The lowest BCUT2D eigenvalue weighted by Crippen LogP contribution is -2.19. The molecule has 7 heteroatoms. The maximum atomic E-state index is 6.05. The zero-order chi connectivity index (χ0) is 17.6. The fourth-order valence-corrected chi connectivity index (χ4v) is 4.91. The van der Waals surface area contributed by atoms with E-state index in [-0.39, 0.29) is 0 Å². The van der Waals surface area contributed by atoms with Crippen LogP contribution in [0.1, 0.15) is 24.8 Å². The molecule has 0 fully saturated rings. The minimum Gasteiger partial charge on any atom is -0.380 e. The van der Waals surface area contributed by atoms with Crippen molar-refractivity contribution in [3.05, 3.63) is 55.6 Å². The molecule has 132 valence electrons. The SMILES string of the molecule is Clc1cc(NCc2ccsc2)c2scc(Br)c2n1.NC1CC=CCC1. The molecule has 3 aromatic rings. The molecule has 25 heavy (non-hydrogen) atoms. The molecule has 4 rings (SSSR count).